The number of aromatic hydroxyl groups is 1. The van der Waals surface area contributed by atoms with E-state index in [9.17, 15) is 14.7 Å². The lowest BCUT2D eigenvalue weighted by molar-refractivity contribution is -0.124. The van der Waals surface area contributed by atoms with E-state index in [2.05, 4.69) is 5.43 Å². The van der Waals surface area contributed by atoms with Gasteiger partial charge in [-0.15, -0.1) is 0 Å². The fraction of sp³-hybridized carbons (Fsp3) is 0.500. The molecule has 0 saturated heterocycles. The maximum Gasteiger partial charge on any atom is 0.278 e. The van der Waals surface area contributed by atoms with Crippen LogP contribution in [0.1, 0.15) is 29.8 Å². The first-order valence-electron chi connectivity index (χ1n) is 6.11. The molecule has 4 aliphatic rings. The van der Waals surface area contributed by atoms with Crippen LogP contribution in [-0.2, 0) is 0 Å². The van der Waals surface area contributed by atoms with E-state index in [1.807, 2.05) is 0 Å². The van der Waals surface area contributed by atoms with E-state index in [0.717, 1.165) is 25.2 Å². The number of rotatable bonds is 1. The zero-order valence-electron chi connectivity index (χ0n) is 9.72. The molecule has 6 nitrogen and oxygen atoms in total. The summed E-state index contributed by atoms with van der Waals surface area (Å²) in [6, 6.07) is 1.25. The predicted molar refractivity (Wildman–Crippen MR) is 62.8 cm³/mol. The molecule has 0 radical (unpaired) electrons. The SMILES string of the molecule is O=C1c2c(O)c(=O)ccn2NCN1C12CC(C1)C2. The van der Waals surface area contributed by atoms with Gasteiger partial charge in [0.05, 0.1) is 0 Å². The van der Waals surface area contributed by atoms with Gasteiger partial charge >= 0.3 is 0 Å². The Kier molecular flexibility index (Phi) is 1.60. The summed E-state index contributed by atoms with van der Waals surface area (Å²) in [5, 5.41) is 9.78. The van der Waals surface area contributed by atoms with E-state index >= 15 is 0 Å². The second kappa shape index (κ2) is 2.88. The third-order valence-electron chi connectivity index (χ3n) is 4.50. The quantitative estimate of drug-likeness (QED) is 0.736. The van der Waals surface area contributed by atoms with Crippen LogP contribution in [0, 0.1) is 5.92 Å². The minimum Gasteiger partial charge on any atom is -0.502 e. The molecule has 5 rings (SSSR count). The molecule has 6 heteroatoms. The Bertz CT molecular complexity index is 604. The van der Waals surface area contributed by atoms with Crippen LogP contribution in [0.15, 0.2) is 17.1 Å². The van der Waals surface area contributed by atoms with E-state index in [0.29, 0.717) is 6.67 Å². The lowest BCUT2D eigenvalue weighted by atomic mass is 9.49. The Labute approximate surface area is 103 Å². The average Bonchev–Trinajstić information content (AvgIpc) is 2.22. The Morgan fingerprint density at radius 2 is 2.06 bits per heavy atom. The third kappa shape index (κ3) is 0.989. The summed E-state index contributed by atoms with van der Waals surface area (Å²) in [7, 11) is 0. The Balaban J connectivity index is 1.79. The van der Waals surface area contributed by atoms with Crippen molar-refractivity contribution in [2.24, 2.45) is 5.92 Å². The topological polar surface area (TPSA) is 74.6 Å². The summed E-state index contributed by atoms with van der Waals surface area (Å²) < 4.78 is 1.43. The second-order valence-electron chi connectivity index (χ2n) is 5.50. The number of pyridine rings is 1. The number of hydrogen-bond donors (Lipinski definition) is 2. The highest BCUT2D eigenvalue weighted by Gasteiger charge is 2.62. The zero-order valence-corrected chi connectivity index (χ0v) is 9.72. The van der Waals surface area contributed by atoms with Gasteiger partial charge in [0.2, 0.25) is 5.43 Å². The summed E-state index contributed by atoms with van der Waals surface area (Å²) >= 11 is 0. The van der Waals surface area contributed by atoms with Crippen molar-refractivity contribution in [2.75, 3.05) is 12.1 Å². The molecule has 3 fully saturated rings. The van der Waals surface area contributed by atoms with Crippen molar-refractivity contribution in [3.63, 3.8) is 0 Å². The maximum absolute atomic E-state index is 12.4. The highest BCUT2D eigenvalue weighted by Crippen LogP contribution is 2.60. The summed E-state index contributed by atoms with van der Waals surface area (Å²) in [6.07, 6.45) is 4.64. The highest BCUT2D eigenvalue weighted by atomic mass is 16.3. The number of amides is 1. The Hall–Kier alpha value is -1.98. The molecule has 2 bridgehead atoms. The lowest BCUT2D eigenvalue weighted by Crippen LogP contribution is -2.71. The lowest BCUT2D eigenvalue weighted by Gasteiger charge is -2.66. The normalized spacial score (nSPS) is 32.1. The number of nitrogens with one attached hydrogen (secondary N) is 1. The molecule has 0 aromatic carbocycles. The molecule has 2 N–H and O–H groups in total. The molecule has 18 heavy (non-hydrogen) atoms. The summed E-state index contributed by atoms with van der Waals surface area (Å²) in [4.78, 5) is 25.6. The number of carbonyl (C=O) groups excluding carboxylic acids is 1. The molecule has 0 spiro atoms. The van der Waals surface area contributed by atoms with Crippen LogP contribution in [0.5, 0.6) is 5.75 Å². The minimum atomic E-state index is -0.518. The van der Waals surface area contributed by atoms with Crippen LogP contribution in [0.4, 0.5) is 0 Å². The predicted octanol–water partition coefficient (Wildman–Crippen LogP) is 0.0632. The van der Waals surface area contributed by atoms with Gasteiger partial charge in [0.1, 0.15) is 6.67 Å². The van der Waals surface area contributed by atoms with Crippen molar-refractivity contribution < 1.29 is 9.90 Å². The standard InChI is InChI=1S/C12H13N3O3/c16-8-1-2-15-9(10(8)17)11(18)14(6-13-15)12-3-7(4-12)5-12/h1-2,7,13,17H,3-6H2. The molecule has 0 atom stereocenters. The van der Waals surface area contributed by atoms with Crippen molar-refractivity contribution in [3.05, 3.63) is 28.2 Å². The van der Waals surface area contributed by atoms with Crippen molar-refractivity contribution in [3.8, 4) is 5.75 Å². The van der Waals surface area contributed by atoms with Gasteiger partial charge in [-0.1, -0.05) is 0 Å². The van der Waals surface area contributed by atoms with E-state index < -0.39 is 11.2 Å². The number of aromatic nitrogens is 1. The summed E-state index contributed by atoms with van der Waals surface area (Å²) in [6.45, 7) is 0.431. The van der Waals surface area contributed by atoms with Crippen LogP contribution in [-0.4, -0.2) is 32.8 Å². The molecule has 1 aromatic rings. The van der Waals surface area contributed by atoms with E-state index in [4.69, 9.17) is 0 Å². The first-order chi connectivity index (χ1) is 8.61. The van der Waals surface area contributed by atoms with Gasteiger partial charge in [0.15, 0.2) is 11.4 Å². The Morgan fingerprint density at radius 3 is 2.67 bits per heavy atom. The van der Waals surface area contributed by atoms with Gasteiger partial charge in [-0.05, 0) is 25.2 Å². The minimum absolute atomic E-state index is 0.0155. The van der Waals surface area contributed by atoms with Crippen LogP contribution in [0.2, 0.25) is 0 Å². The van der Waals surface area contributed by atoms with Gasteiger partial charge in [-0.25, -0.2) is 0 Å². The zero-order chi connectivity index (χ0) is 12.5. The van der Waals surface area contributed by atoms with E-state index in [-0.39, 0.29) is 17.1 Å². The summed E-state index contributed by atoms with van der Waals surface area (Å²) in [5.74, 6) is 0.0553. The summed E-state index contributed by atoms with van der Waals surface area (Å²) in [5.41, 5.74) is 2.55. The van der Waals surface area contributed by atoms with Crippen LogP contribution in [0.25, 0.3) is 0 Å². The number of hydrogen-bond acceptors (Lipinski definition) is 4. The molecule has 94 valence electrons. The number of fused-ring (bicyclic) bond motifs is 1. The maximum atomic E-state index is 12.4. The van der Waals surface area contributed by atoms with Gasteiger partial charge < -0.3 is 15.4 Å². The fourth-order valence-electron chi connectivity index (χ4n) is 3.36. The van der Waals surface area contributed by atoms with Crippen LogP contribution < -0.4 is 10.9 Å². The highest BCUT2D eigenvalue weighted by molar-refractivity contribution is 5.96. The monoisotopic (exact) mass is 247 g/mol. The molecular weight excluding hydrogens is 234 g/mol. The second-order valence-corrected chi connectivity index (χ2v) is 5.50. The molecule has 1 aliphatic heterocycles. The van der Waals surface area contributed by atoms with Gasteiger partial charge in [-0.3, -0.25) is 14.3 Å². The van der Waals surface area contributed by atoms with Crippen molar-refractivity contribution in [1.82, 2.24) is 9.58 Å². The van der Waals surface area contributed by atoms with Crippen molar-refractivity contribution >= 4 is 5.91 Å². The average molecular weight is 247 g/mol. The van der Waals surface area contributed by atoms with E-state index in [1.165, 1.54) is 16.9 Å². The largest absolute Gasteiger partial charge is 0.502 e. The van der Waals surface area contributed by atoms with Crippen LogP contribution in [0.3, 0.4) is 0 Å². The fourth-order valence-corrected chi connectivity index (χ4v) is 3.36. The molecule has 3 aliphatic carbocycles. The number of carbonyl (C=O) groups is 1. The van der Waals surface area contributed by atoms with Crippen LogP contribution >= 0.6 is 0 Å². The molecular formula is C12H13N3O3. The first kappa shape index (κ1) is 9.99. The van der Waals surface area contributed by atoms with Gasteiger partial charge in [0.25, 0.3) is 5.91 Å². The van der Waals surface area contributed by atoms with E-state index in [1.54, 1.807) is 4.90 Å². The molecule has 0 unspecified atom stereocenters. The van der Waals surface area contributed by atoms with Gasteiger partial charge in [0, 0.05) is 17.8 Å². The van der Waals surface area contributed by atoms with Crippen molar-refractivity contribution in [2.45, 2.75) is 24.8 Å². The molecule has 3 saturated carbocycles. The molecule has 1 aromatic heterocycles. The first-order valence-corrected chi connectivity index (χ1v) is 6.11. The third-order valence-corrected chi connectivity index (χ3v) is 4.50. The Morgan fingerprint density at radius 1 is 1.33 bits per heavy atom. The molecule has 1 amide bonds. The van der Waals surface area contributed by atoms with Crippen molar-refractivity contribution in [1.29, 1.82) is 0 Å². The molecule has 2 heterocycles. The smallest absolute Gasteiger partial charge is 0.278 e. The van der Waals surface area contributed by atoms with Gasteiger partial charge in [-0.2, -0.15) is 0 Å². The number of nitrogens with zero attached hydrogens (tertiary/aromatic N) is 2.